The molecule has 0 aliphatic carbocycles. The van der Waals surface area contributed by atoms with Crippen LogP contribution in [0.25, 0.3) is 0 Å². The van der Waals surface area contributed by atoms with Crippen molar-refractivity contribution in [3.63, 3.8) is 0 Å². The number of alkyl halides is 3. The van der Waals surface area contributed by atoms with Crippen LogP contribution in [0.2, 0.25) is 0 Å². The van der Waals surface area contributed by atoms with Crippen LogP contribution < -0.4 is 10.6 Å². The topological polar surface area (TPSA) is 66.0 Å². The molecular weight excluding hydrogens is 452 g/mol. The van der Waals surface area contributed by atoms with Crippen molar-refractivity contribution in [2.45, 2.75) is 39.8 Å². The zero-order chi connectivity index (χ0) is 18.4. The SMILES string of the molecule is CCNC(=NCCCOCC(F)(F)F)NCCC(=O)N(CC)CC.I. The highest BCUT2D eigenvalue weighted by atomic mass is 127. The van der Waals surface area contributed by atoms with Crippen molar-refractivity contribution in [2.24, 2.45) is 4.99 Å². The molecule has 0 heterocycles. The summed E-state index contributed by atoms with van der Waals surface area (Å²) in [4.78, 5) is 17.9. The first-order chi connectivity index (χ1) is 11.3. The summed E-state index contributed by atoms with van der Waals surface area (Å²) in [5, 5.41) is 6.06. The van der Waals surface area contributed by atoms with E-state index in [0.717, 1.165) is 0 Å². The van der Waals surface area contributed by atoms with Crippen molar-refractivity contribution in [1.29, 1.82) is 0 Å². The summed E-state index contributed by atoms with van der Waals surface area (Å²) >= 11 is 0. The standard InChI is InChI=1S/C15H29F3N4O2.HI/c1-4-19-14(20-9-7-11-24-12-15(16,17)18)21-10-8-13(23)22(5-2)6-3;/h4-12H2,1-3H3,(H2,19,20,21);1H. The number of hydrogen-bond acceptors (Lipinski definition) is 3. The van der Waals surface area contributed by atoms with Gasteiger partial charge in [0.2, 0.25) is 5.91 Å². The highest BCUT2D eigenvalue weighted by molar-refractivity contribution is 14.0. The van der Waals surface area contributed by atoms with Crippen molar-refractivity contribution in [1.82, 2.24) is 15.5 Å². The molecule has 0 bridgehead atoms. The highest BCUT2D eigenvalue weighted by Gasteiger charge is 2.27. The molecule has 10 heteroatoms. The maximum absolute atomic E-state index is 11.9. The fourth-order valence-electron chi connectivity index (χ4n) is 1.91. The molecule has 0 atom stereocenters. The summed E-state index contributed by atoms with van der Waals surface area (Å²) in [7, 11) is 0. The summed E-state index contributed by atoms with van der Waals surface area (Å²) in [5.41, 5.74) is 0. The van der Waals surface area contributed by atoms with Crippen LogP contribution in [0.1, 0.15) is 33.6 Å². The Balaban J connectivity index is 0. The molecule has 0 aromatic rings. The van der Waals surface area contributed by atoms with Gasteiger partial charge in [-0.2, -0.15) is 13.2 Å². The maximum Gasteiger partial charge on any atom is 0.411 e. The van der Waals surface area contributed by atoms with Crippen LogP contribution in [0.15, 0.2) is 4.99 Å². The summed E-state index contributed by atoms with van der Waals surface area (Å²) in [6, 6.07) is 0. The van der Waals surface area contributed by atoms with Crippen molar-refractivity contribution in [2.75, 3.05) is 45.9 Å². The predicted octanol–water partition coefficient (Wildman–Crippen LogP) is 2.39. The second kappa shape index (κ2) is 15.5. The third-order valence-electron chi connectivity index (χ3n) is 3.07. The third-order valence-corrected chi connectivity index (χ3v) is 3.07. The minimum absolute atomic E-state index is 0. The molecule has 1 amide bonds. The second-order valence-electron chi connectivity index (χ2n) is 5.02. The van der Waals surface area contributed by atoms with Gasteiger partial charge in [-0.15, -0.1) is 24.0 Å². The number of aliphatic imine (C=N–C) groups is 1. The maximum atomic E-state index is 11.9. The fraction of sp³-hybridized carbons (Fsp3) is 0.867. The molecule has 2 N–H and O–H groups in total. The van der Waals surface area contributed by atoms with E-state index in [9.17, 15) is 18.0 Å². The van der Waals surface area contributed by atoms with Crippen LogP contribution in [0, 0.1) is 0 Å². The molecular formula is C15H30F3IN4O2. The Morgan fingerprint density at radius 2 is 1.80 bits per heavy atom. The lowest BCUT2D eigenvalue weighted by atomic mass is 10.3. The average Bonchev–Trinajstić information content (AvgIpc) is 2.50. The van der Waals surface area contributed by atoms with Crippen molar-refractivity contribution >= 4 is 35.8 Å². The normalized spacial score (nSPS) is 11.7. The van der Waals surface area contributed by atoms with Gasteiger partial charge in [-0.3, -0.25) is 9.79 Å². The van der Waals surface area contributed by atoms with Crippen molar-refractivity contribution in [3.8, 4) is 0 Å². The van der Waals surface area contributed by atoms with Crippen LogP contribution >= 0.6 is 24.0 Å². The van der Waals surface area contributed by atoms with Crippen LogP contribution in [-0.2, 0) is 9.53 Å². The van der Waals surface area contributed by atoms with Gasteiger partial charge in [0, 0.05) is 45.8 Å². The lowest BCUT2D eigenvalue weighted by Gasteiger charge is -2.19. The van der Waals surface area contributed by atoms with E-state index in [1.807, 2.05) is 20.8 Å². The lowest BCUT2D eigenvalue weighted by molar-refractivity contribution is -0.173. The Labute approximate surface area is 165 Å². The molecule has 0 aromatic heterocycles. The summed E-state index contributed by atoms with van der Waals surface area (Å²) < 4.78 is 40.2. The number of nitrogens with one attached hydrogen (secondary N) is 2. The Hall–Kier alpha value is -0.780. The van der Waals surface area contributed by atoms with Crippen LogP contribution in [-0.4, -0.2) is 68.9 Å². The van der Waals surface area contributed by atoms with Gasteiger partial charge in [0.05, 0.1) is 0 Å². The quantitative estimate of drug-likeness (QED) is 0.206. The van der Waals surface area contributed by atoms with Gasteiger partial charge in [-0.05, 0) is 27.2 Å². The first-order valence-electron chi connectivity index (χ1n) is 8.28. The Bertz CT molecular complexity index is 378. The lowest BCUT2D eigenvalue weighted by Crippen LogP contribution is -2.40. The molecule has 6 nitrogen and oxygen atoms in total. The number of carbonyl (C=O) groups is 1. The smallest absolute Gasteiger partial charge is 0.372 e. The minimum Gasteiger partial charge on any atom is -0.372 e. The molecule has 0 aliphatic heterocycles. The number of hydrogen-bond donors (Lipinski definition) is 2. The van der Waals surface area contributed by atoms with Gasteiger partial charge < -0.3 is 20.3 Å². The summed E-state index contributed by atoms with van der Waals surface area (Å²) in [5.74, 6) is 0.615. The molecule has 0 aliphatic rings. The van der Waals surface area contributed by atoms with Crippen LogP contribution in [0.4, 0.5) is 13.2 Å². The summed E-state index contributed by atoms with van der Waals surface area (Å²) in [6.07, 6.45) is -3.54. The number of halogens is 4. The van der Waals surface area contributed by atoms with E-state index in [0.29, 0.717) is 51.5 Å². The number of ether oxygens (including phenoxy) is 1. The number of rotatable bonds is 11. The third kappa shape index (κ3) is 15.2. The van der Waals surface area contributed by atoms with E-state index in [2.05, 4.69) is 20.4 Å². The van der Waals surface area contributed by atoms with Crippen LogP contribution in [0.5, 0.6) is 0 Å². The van der Waals surface area contributed by atoms with Gasteiger partial charge in [0.15, 0.2) is 5.96 Å². The Kier molecular flexibility index (Phi) is 16.4. The summed E-state index contributed by atoms with van der Waals surface area (Å²) in [6.45, 7) is 7.35. The zero-order valence-corrected chi connectivity index (χ0v) is 17.4. The van der Waals surface area contributed by atoms with E-state index < -0.39 is 12.8 Å². The zero-order valence-electron chi connectivity index (χ0n) is 15.1. The van der Waals surface area contributed by atoms with E-state index >= 15 is 0 Å². The number of amides is 1. The van der Waals surface area contributed by atoms with Gasteiger partial charge >= 0.3 is 6.18 Å². The number of guanidine groups is 1. The average molecular weight is 482 g/mol. The van der Waals surface area contributed by atoms with E-state index in [1.165, 1.54) is 0 Å². The molecule has 0 unspecified atom stereocenters. The van der Waals surface area contributed by atoms with Gasteiger partial charge in [0.25, 0.3) is 0 Å². The van der Waals surface area contributed by atoms with E-state index in [-0.39, 0.29) is 36.5 Å². The van der Waals surface area contributed by atoms with Gasteiger partial charge in [-0.25, -0.2) is 0 Å². The molecule has 0 radical (unpaired) electrons. The molecule has 0 spiro atoms. The molecule has 150 valence electrons. The monoisotopic (exact) mass is 482 g/mol. The molecule has 0 fully saturated rings. The Morgan fingerprint density at radius 3 is 2.32 bits per heavy atom. The fourth-order valence-corrected chi connectivity index (χ4v) is 1.91. The first-order valence-corrected chi connectivity index (χ1v) is 8.28. The number of nitrogens with zero attached hydrogens (tertiary/aromatic N) is 2. The van der Waals surface area contributed by atoms with Gasteiger partial charge in [0.1, 0.15) is 6.61 Å². The largest absolute Gasteiger partial charge is 0.411 e. The minimum atomic E-state index is -4.29. The molecule has 25 heavy (non-hydrogen) atoms. The van der Waals surface area contributed by atoms with Crippen molar-refractivity contribution in [3.05, 3.63) is 0 Å². The van der Waals surface area contributed by atoms with E-state index in [4.69, 9.17) is 0 Å². The second-order valence-corrected chi connectivity index (χ2v) is 5.02. The van der Waals surface area contributed by atoms with E-state index in [1.54, 1.807) is 4.90 Å². The first kappa shape index (κ1) is 26.4. The molecule has 0 aromatic carbocycles. The predicted molar refractivity (Wildman–Crippen MR) is 103 cm³/mol. The van der Waals surface area contributed by atoms with Gasteiger partial charge in [-0.1, -0.05) is 0 Å². The highest BCUT2D eigenvalue weighted by Crippen LogP contribution is 2.14. The molecule has 0 saturated heterocycles. The van der Waals surface area contributed by atoms with Crippen LogP contribution in [0.3, 0.4) is 0 Å². The Morgan fingerprint density at radius 1 is 1.16 bits per heavy atom. The van der Waals surface area contributed by atoms with Crippen molar-refractivity contribution < 1.29 is 22.7 Å². The molecule has 0 saturated carbocycles. The number of carbonyl (C=O) groups excluding carboxylic acids is 1. The molecule has 0 rings (SSSR count).